The molecular formula is C15H13N3O3S. The molecule has 1 amide bonds. The Bertz CT molecular complexity index is 884. The van der Waals surface area contributed by atoms with E-state index in [0.29, 0.717) is 17.5 Å². The second-order valence-corrected chi connectivity index (χ2v) is 5.71. The average molecular weight is 315 g/mol. The van der Waals surface area contributed by atoms with Crippen LogP contribution >= 0.6 is 0 Å². The molecule has 2 aliphatic rings. The highest BCUT2D eigenvalue weighted by Gasteiger charge is 2.24. The van der Waals surface area contributed by atoms with Crippen LogP contribution in [-0.4, -0.2) is 19.6 Å². The fourth-order valence-corrected chi connectivity index (χ4v) is 2.90. The lowest BCUT2D eigenvalue weighted by molar-refractivity contribution is -0.113. The molecule has 0 aromatic heterocycles. The van der Waals surface area contributed by atoms with Gasteiger partial charge in [-0.2, -0.15) is 0 Å². The van der Waals surface area contributed by atoms with Gasteiger partial charge in [-0.05, 0) is 11.6 Å². The molecule has 22 heavy (non-hydrogen) atoms. The van der Waals surface area contributed by atoms with Crippen molar-refractivity contribution in [3.63, 3.8) is 0 Å². The molecule has 0 radical (unpaired) electrons. The molecule has 0 fully saturated rings. The second-order valence-electron chi connectivity index (χ2n) is 4.82. The maximum absolute atomic E-state index is 11.6. The first-order chi connectivity index (χ1) is 10.5. The Morgan fingerprint density at radius 3 is 2.86 bits per heavy atom. The summed E-state index contributed by atoms with van der Waals surface area (Å²) in [6, 6.07) is 7.37. The van der Waals surface area contributed by atoms with Crippen LogP contribution in [0, 0.1) is 0 Å². The lowest BCUT2D eigenvalue weighted by Gasteiger charge is -2.12. The highest BCUT2D eigenvalue weighted by molar-refractivity contribution is 7.83. The number of amides is 1. The minimum absolute atomic E-state index is 0.111. The Labute approximate surface area is 128 Å². The molecule has 2 heterocycles. The van der Waals surface area contributed by atoms with Gasteiger partial charge in [-0.15, -0.1) is 0 Å². The van der Waals surface area contributed by atoms with Crippen molar-refractivity contribution in [2.75, 3.05) is 0 Å². The number of carbonyl (C=O) groups excluding carboxylic acids is 1. The predicted octanol–water partition coefficient (Wildman–Crippen LogP) is 0.0797. The van der Waals surface area contributed by atoms with Gasteiger partial charge in [-0.3, -0.25) is 4.79 Å². The fourth-order valence-electron chi connectivity index (χ4n) is 2.34. The van der Waals surface area contributed by atoms with Gasteiger partial charge in [0.1, 0.15) is 0 Å². The van der Waals surface area contributed by atoms with E-state index in [9.17, 15) is 13.6 Å². The largest absolute Gasteiger partial charge is 0.366 e. The van der Waals surface area contributed by atoms with Crippen molar-refractivity contribution in [3.8, 4) is 0 Å². The Hall–Kier alpha value is -2.51. The number of nitrogens with two attached hydrogens (primary N) is 1. The summed E-state index contributed by atoms with van der Waals surface area (Å²) >= 11 is -2.21. The maximum Gasteiger partial charge on any atom is 0.241 e. The van der Waals surface area contributed by atoms with Crippen LogP contribution in [0.15, 0.2) is 63.9 Å². The fraction of sp³-hybridized carbons (Fsp3) is 0.0667. The van der Waals surface area contributed by atoms with E-state index in [1.165, 1.54) is 6.08 Å². The summed E-state index contributed by atoms with van der Waals surface area (Å²) in [5.74, 6) is -0.540. The van der Waals surface area contributed by atoms with E-state index in [-0.39, 0.29) is 5.03 Å². The third kappa shape index (κ3) is 2.76. The molecule has 1 unspecified atom stereocenters. The summed E-state index contributed by atoms with van der Waals surface area (Å²) in [6.45, 7) is 0. The monoisotopic (exact) mass is 315 g/mol. The summed E-state index contributed by atoms with van der Waals surface area (Å²) in [7, 11) is 0. The van der Waals surface area contributed by atoms with E-state index >= 15 is 0 Å². The summed E-state index contributed by atoms with van der Waals surface area (Å²) in [4.78, 5) is 16.9. The third-order valence-corrected chi connectivity index (χ3v) is 3.96. The number of allylic oxidation sites excluding steroid dienone is 2. The molecule has 0 bridgehead atoms. The summed E-state index contributed by atoms with van der Waals surface area (Å²) < 4.78 is 21.2. The molecule has 7 heteroatoms. The van der Waals surface area contributed by atoms with Gasteiger partial charge in [0.05, 0.1) is 11.1 Å². The minimum atomic E-state index is -2.21. The van der Waals surface area contributed by atoms with Crippen LogP contribution in [0.2, 0.25) is 0 Å². The first-order valence-corrected chi connectivity index (χ1v) is 7.61. The van der Waals surface area contributed by atoms with E-state index in [0.717, 1.165) is 10.8 Å². The molecule has 0 spiro atoms. The highest BCUT2D eigenvalue weighted by atomic mass is 32.2. The standard InChI is InChI=1S/C15H13N3O3S/c16-14(19)6-5-10-7-13-15(22(20)21)17-12-4-2-1-3-11(12)9-18(13)8-10/h1-6,8-9H,7H2,(H2,16,19)(H,20,21). The van der Waals surface area contributed by atoms with Gasteiger partial charge in [-0.25, -0.2) is 9.20 Å². The van der Waals surface area contributed by atoms with Gasteiger partial charge < -0.3 is 15.2 Å². The molecule has 0 saturated carbocycles. The van der Waals surface area contributed by atoms with Crippen LogP contribution in [0.3, 0.4) is 0 Å². The predicted molar refractivity (Wildman–Crippen MR) is 82.4 cm³/mol. The van der Waals surface area contributed by atoms with Crippen molar-refractivity contribution in [1.29, 1.82) is 0 Å². The Morgan fingerprint density at radius 2 is 2.14 bits per heavy atom. The summed E-state index contributed by atoms with van der Waals surface area (Å²) in [5.41, 5.74) is 6.51. The van der Waals surface area contributed by atoms with Crippen molar-refractivity contribution >= 4 is 23.2 Å². The molecule has 3 rings (SSSR count). The van der Waals surface area contributed by atoms with Gasteiger partial charge in [0.15, 0.2) is 5.03 Å². The van der Waals surface area contributed by atoms with E-state index in [4.69, 9.17) is 5.73 Å². The lowest BCUT2D eigenvalue weighted by Crippen LogP contribution is -2.25. The third-order valence-electron chi connectivity index (χ3n) is 3.30. The quantitative estimate of drug-likeness (QED) is 0.610. The first-order valence-electron chi connectivity index (χ1n) is 6.51. The van der Waals surface area contributed by atoms with Gasteiger partial charge in [0.2, 0.25) is 17.0 Å². The highest BCUT2D eigenvalue weighted by Crippen LogP contribution is 2.30. The zero-order valence-corrected chi connectivity index (χ0v) is 12.3. The van der Waals surface area contributed by atoms with Crippen molar-refractivity contribution in [1.82, 2.24) is 4.90 Å². The smallest absolute Gasteiger partial charge is 0.241 e. The molecular weight excluding hydrogens is 302 g/mol. The molecule has 2 aliphatic heterocycles. The van der Waals surface area contributed by atoms with Gasteiger partial charge in [0, 0.05) is 30.1 Å². The number of carbonyl (C=O) groups is 1. The maximum atomic E-state index is 11.6. The Balaban J connectivity index is 2.14. The van der Waals surface area contributed by atoms with Crippen molar-refractivity contribution < 1.29 is 13.6 Å². The van der Waals surface area contributed by atoms with Crippen LogP contribution < -0.4 is 16.3 Å². The second kappa shape index (κ2) is 5.70. The SMILES string of the molecule is NC(=O)C=CC1=CN2C=c3ccccc3=NC(S(=O)O)=C2C1. The molecule has 0 aliphatic carbocycles. The van der Waals surface area contributed by atoms with Crippen molar-refractivity contribution in [2.24, 2.45) is 10.7 Å². The van der Waals surface area contributed by atoms with Crippen LogP contribution in [0.25, 0.3) is 6.20 Å². The number of hydrogen-bond acceptors (Lipinski definition) is 4. The molecule has 1 atom stereocenters. The number of para-hydroxylation sites is 1. The number of rotatable bonds is 3. The van der Waals surface area contributed by atoms with Crippen LogP contribution in [0.1, 0.15) is 6.42 Å². The van der Waals surface area contributed by atoms with E-state index in [1.54, 1.807) is 23.2 Å². The zero-order valence-electron chi connectivity index (χ0n) is 11.5. The topological polar surface area (TPSA) is 96.0 Å². The van der Waals surface area contributed by atoms with Gasteiger partial charge in [0.25, 0.3) is 0 Å². The zero-order chi connectivity index (χ0) is 15.7. The molecule has 6 nitrogen and oxygen atoms in total. The van der Waals surface area contributed by atoms with Crippen LogP contribution in [-0.2, 0) is 15.9 Å². The molecule has 112 valence electrons. The Kier molecular flexibility index (Phi) is 3.74. The van der Waals surface area contributed by atoms with E-state index < -0.39 is 17.0 Å². The first kappa shape index (κ1) is 14.4. The Morgan fingerprint density at radius 1 is 1.36 bits per heavy atom. The number of hydrogen-bond donors (Lipinski definition) is 2. The number of fused-ring (bicyclic) bond motifs is 2. The van der Waals surface area contributed by atoms with Gasteiger partial charge >= 0.3 is 0 Å². The number of nitrogens with zero attached hydrogens (tertiary/aromatic N) is 2. The number of primary amides is 1. The van der Waals surface area contributed by atoms with E-state index in [2.05, 4.69) is 4.99 Å². The summed E-state index contributed by atoms with van der Waals surface area (Å²) in [6.07, 6.45) is 6.90. The van der Waals surface area contributed by atoms with E-state index in [1.807, 2.05) is 24.4 Å². The molecule has 1 aromatic carbocycles. The van der Waals surface area contributed by atoms with Crippen molar-refractivity contribution in [2.45, 2.75) is 6.42 Å². The van der Waals surface area contributed by atoms with Crippen molar-refractivity contribution in [3.05, 3.63) is 69.5 Å². The number of benzene rings is 1. The lowest BCUT2D eigenvalue weighted by atomic mass is 10.2. The normalized spacial score (nSPS) is 18.0. The molecule has 3 N–H and O–H groups in total. The molecule has 1 aromatic rings. The van der Waals surface area contributed by atoms with Crippen LogP contribution in [0.5, 0.6) is 0 Å². The van der Waals surface area contributed by atoms with Crippen LogP contribution in [0.4, 0.5) is 0 Å². The molecule has 0 saturated heterocycles. The average Bonchev–Trinajstić information content (AvgIpc) is 2.79. The van der Waals surface area contributed by atoms with Gasteiger partial charge in [-0.1, -0.05) is 24.3 Å². The summed E-state index contributed by atoms with van der Waals surface area (Å²) in [5, 5.41) is 1.60. The minimum Gasteiger partial charge on any atom is -0.366 e.